The summed E-state index contributed by atoms with van der Waals surface area (Å²) in [6.07, 6.45) is 2.51. The molecular formula is C10H22O3Si. The van der Waals surface area contributed by atoms with Crippen LogP contribution >= 0.6 is 0 Å². The number of ether oxygens (including phenoxy) is 1. The average Bonchev–Trinajstić information content (AvgIpc) is 2.17. The molecule has 3 nitrogen and oxygen atoms in total. The molecule has 0 spiro atoms. The first-order chi connectivity index (χ1) is 6.52. The Balaban J connectivity index is 3.34. The maximum Gasteiger partial charge on any atom is 0.305 e. The van der Waals surface area contributed by atoms with Gasteiger partial charge in [0, 0.05) is 13.5 Å². The van der Waals surface area contributed by atoms with Crippen molar-refractivity contribution < 1.29 is 14.0 Å². The van der Waals surface area contributed by atoms with E-state index in [0.717, 1.165) is 18.9 Å². The van der Waals surface area contributed by atoms with E-state index in [1.165, 1.54) is 0 Å². The summed E-state index contributed by atoms with van der Waals surface area (Å²) in [5.74, 6) is -0.103. The van der Waals surface area contributed by atoms with E-state index in [-0.39, 0.29) is 5.97 Å². The van der Waals surface area contributed by atoms with Gasteiger partial charge in [-0.05, 0) is 25.6 Å². The maximum absolute atomic E-state index is 10.8. The molecule has 84 valence electrons. The van der Waals surface area contributed by atoms with E-state index in [1.807, 2.05) is 6.92 Å². The molecule has 0 rings (SSSR count). The third kappa shape index (κ3) is 7.09. The highest BCUT2D eigenvalue weighted by atomic mass is 28.4. The summed E-state index contributed by atoms with van der Waals surface area (Å²) in [5.41, 5.74) is 0. The Bertz CT molecular complexity index is 169. The maximum atomic E-state index is 10.8. The zero-order chi connectivity index (χ0) is 11.0. The zero-order valence-corrected chi connectivity index (χ0v) is 10.8. The predicted octanol–water partition coefficient (Wildman–Crippen LogP) is 2.57. The van der Waals surface area contributed by atoms with Gasteiger partial charge in [-0.1, -0.05) is 13.3 Å². The van der Waals surface area contributed by atoms with Crippen LogP contribution in [0.5, 0.6) is 0 Å². The summed E-state index contributed by atoms with van der Waals surface area (Å²) < 4.78 is 10.4. The molecule has 0 amide bonds. The van der Waals surface area contributed by atoms with E-state index in [1.54, 1.807) is 7.11 Å². The van der Waals surface area contributed by atoms with Crippen molar-refractivity contribution in [2.45, 2.75) is 45.3 Å². The molecule has 0 saturated carbocycles. The van der Waals surface area contributed by atoms with Gasteiger partial charge in [-0.3, -0.25) is 4.79 Å². The van der Waals surface area contributed by atoms with Gasteiger partial charge >= 0.3 is 5.97 Å². The largest absolute Gasteiger partial charge is 0.466 e. The fourth-order valence-electron chi connectivity index (χ4n) is 1.04. The Morgan fingerprint density at radius 2 is 1.93 bits per heavy atom. The predicted molar refractivity (Wildman–Crippen MR) is 59.8 cm³/mol. The molecule has 0 aliphatic carbocycles. The van der Waals surface area contributed by atoms with Gasteiger partial charge in [0.2, 0.25) is 0 Å². The molecule has 0 aromatic heterocycles. The molecule has 0 radical (unpaired) electrons. The van der Waals surface area contributed by atoms with Crippen LogP contribution in [0.15, 0.2) is 0 Å². The van der Waals surface area contributed by atoms with E-state index in [9.17, 15) is 4.79 Å². The SMILES string of the molecule is CCC(=O)OCCCC[Si](C)(C)OC. The standard InChI is InChI=1S/C10H22O3Si/c1-5-10(11)13-8-6-7-9-14(3,4)12-2/h5-9H2,1-4H3. The summed E-state index contributed by atoms with van der Waals surface area (Å²) in [4.78, 5) is 10.8. The lowest BCUT2D eigenvalue weighted by molar-refractivity contribution is -0.143. The quantitative estimate of drug-likeness (QED) is 0.374. The number of carbonyl (C=O) groups excluding carboxylic acids is 1. The fraction of sp³-hybridized carbons (Fsp3) is 0.900. The monoisotopic (exact) mass is 218 g/mol. The van der Waals surface area contributed by atoms with E-state index in [0.29, 0.717) is 13.0 Å². The second-order valence-corrected chi connectivity index (χ2v) is 8.42. The Kier molecular flexibility index (Phi) is 6.83. The Morgan fingerprint density at radius 1 is 1.29 bits per heavy atom. The topological polar surface area (TPSA) is 35.5 Å². The van der Waals surface area contributed by atoms with Crippen LogP contribution in [0.3, 0.4) is 0 Å². The van der Waals surface area contributed by atoms with Crippen LogP contribution < -0.4 is 0 Å². The number of hydrogen-bond donors (Lipinski definition) is 0. The second-order valence-electron chi connectivity index (χ2n) is 3.99. The van der Waals surface area contributed by atoms with Gasteiger partial charge in [-0.25, -0.2) is 0 Å². The van der Waals surface area contributed by atoms with Crippen molar-refractivity contribution in [1.29, 1.82) is 0 Å². The van der Waals surface area contributed by atoms with E-state index in [2.05, 4.69) is 13.1 Å². The van der Waals surface area contributed by atoms with Crippen LogP contribution in [0.4, 0.5) is 0 Å². The number of esters is 1. The normalized spacial score (nSPS) is 11.4. The minimum absolute atomic E-state index is 0.103. The third-order valence-electron chi connectivity index (χ3n) is 2.28. The number of carbonyl (C=O) groups is 1. The van der Waals surface area contributed by atoms with Gasteiger partial charge in [0.25, 0.3) is 0 Å². The van der Waals surface area contributed by atoms with Crippen LogP contribution in [0, 0.1) is 0 Å². The van der Waals surface area contributed by atoms with E-state index >= 15 is 0 Å². The molecule has 0 unspecified atom stereocenters. The summed E-state index contributed by atoms with van der Waals surface area (Å²) in [6.45, 7) is 6.76. The zero-order valence-electron chi connectivity index (χ0n) is 9.76. The molecule has 0 fully saturated rings. The van der Waals surface area contributed by atoms with Gasteiger partial charge in [0.15, 0.2) is 8.32 Å². The summed E-state index contributed by atoms with van der Waals surface area (Å²) in [7, 11) is 0.378. The molecule has 0 aromatic rings. The average molecular weight is 218 g/mol. The molecule has 4 heteroatoms. The molecule has 0 aliphatic heterocycles. The van der Waals surface area contributed by atoms with Crippen molar-refractivity contribution in [1.82, 2.24) is 0 Å². The fourth-order valence-corrected chi connectivity index (χ4v) is 2.35. The van der Waals surface area contributed by atoms with Crippen molar-refractivity contribution in [3.8, 4) is 0 Å². The summed E-state index contributed by atoms with van der Waals surface area (Å²) >= 11 is 0. The summed E-state index contributed by atoms with van der Waals surface area (Å²) in [6, 6.07) is 1.13. The van der Waals surface area contributed by atoms with Crippen LogP contribution in [-0.2, 0) is 14.0 Å². The smallest absolute Gasteiger partial charge is 0.305 e. The summed E-state index contributed by atoms with van der Waals surface area (Å²) in [5, 5.41) is 0. The van der Waals surface area contributed by atoms with Crippen LogP contribution in [0.1, 0.15) is 26.2 Å². The molecule has 0 aliphatic rings. The van der Waals surface area contributed by atoms with Crippen molar-refractivity contribution >= 4 is 14.3 Å². The highest BCUT2D eigenvalue weighted by molar-refractivity contribution is 6.71. The van der Waals surface area contributed by atoms with Gasteiger partial charge in [-0.2, -0.15) is 0 Å². The molecule has 0 N–H and O–H groups in total. The third-order valence-corrected chi connectivity index (χ3v) is 4.94. The number of rotatable bonds is 7. The lowest BCUT2D eigenvalue weighted by atomic mass is 10.3. The van der Waals surface area contributed by atoms with Crippen molar-refractivity contribution in [2.24, 2.45) is 0 Å². The molecular weight excluding hydrogens is 196 g/mol. The molecule has 0 aromatic carbocycles. The minimum Gasteiger partial charge on any atom is -0.466 e. The number of unbranched alkanes of at least 4 members (excludes halogenated alkanes) is 1. The highest BCUT2D eigenvalue weighted by Gasteiger charge is 2.19. The highest BCUT2D eigenvalue weighted by Crippen LogP contribution is 2.13. The molecule has 0 heterocycles. The molecule has 0 atom stereocenters. The lowest BCUT2D eigenvalue weighted by Gasteiger charge is -2.19. The van der Waals surface area contributed by atoms with Gasteiger partial charge in [0.1, 0.15) is 0 Å². The lowest BCUT2D eigenvalue weighted by Crippen LogP contribution is -2.28. The van der Waals surface area contributed by atoms with E-state index < -0.39 is 8.32 Å². The van der Waals surface area contributed by atoms with Gasteiger partial charge < -0.3 is 9.16 Å². The number of hydrogen-bond acceptors (Lipinski definition) is 3. The van der Waals surface area contributed by atoms with Crippen LogP contribution in [-0.4, -0.2) is 28.0 Å². The van der Waals surface area contributed by atoms with Crippen molar-refractivity contribution in [3.05, 3.63) is 0 Å². The first kappa shape index (κ1) is 13.6. The van der Waals surface area contributed by atoms with E-state index in [4.69, 9.17) is 9.16 Å². The van der Waals surface area contributed by atoms with Crippen molar-refractivity contribution in [3.63, 3.8) is 0 Å². The van der Waals surface area contributed by atoms with Crippen LogP contribution in [0.2, 0.25) is 19.1 Å². The first-order valence-corrected chi connectivity index (χ1v) is 8.34. The van der Waals surface area contributed by atoms with Gasteiger partial charge in [-0.15, -0.1) is 0 Å². The van der Waals surface area contributed by atoms with Crippen LogP contribution in [0.25, 0.3) is 0 Å². The molecule has 14 heavy (non-hydrogen) atoms. The Hall–Kier alpha value is -0.353. The molecule has 0 bridgehead atoms. The minimum atomic E-state index is -1.40. The Labute approximate surface area is 87.9 Å². The van der Waals surface area contributed by atoms with Crippen molar-refractivity contribution in [2.75, 3.05) is 13.7 Å². The first-order valence-electron chi connectivity index (χ1n) is 5.22. The molecule has 0 saturated heterocycles. The van der Waals surface area contributed by atoms with Gasteiger partial charge in [0.05, 0.1) is 6.61 Å². The second kappa shape index (κ2) is 7.01. The Morgan fingerprint density at radius 3 is 2.43 bits per heavy atom.